The summed E-state index contributed by atoms with van der Waals surface area (Å²) in [5, 5.41) is 2.13. The van der Waals surface area contributed by atoms with Crippen LogP contribution in [0.3, 0.4) is 0 Å². The van der Waals surface area contributed by atoms with Crippen molar-refractivity contribution in [1.29, 1.82) is 0 Å². The average Bonchev–Trinajstić information content (AvgIpc) is 3.60. The van der Waals surface area contributed by atoms with Crippen LogP contribution in [0.4, 0.5) is 5.69 Å². The third-order valence-corrected chi connectivity index (χ3v) is 9.18. The molecule has 2 heterocycles. The molecule has 9 rings (SSSR count). The number of aromatic nitrogens is 3. The van der Waals surface area contributed by atoms with Crippen molar-refractivity contribution in [3.8, 4) is 67.5 Å². The molecule has 7 aromatic carbocycles. The highest BCUT2D eigenvalue weighted by Gasteiger charge is 2.17. The first kappa shape index (κ1) is 29.9. The molecule has 0 spiro atoms. The van der Waals surface area contributed by atoms with Crippen LogP contribution in [0.2, 0.25) is 0 Å². The third kappa shape index (κ3) is 5.61. The van der Waals surface area contributed by atoms with E-state index in [1.165, 1.54) is 0 Å². The molecule has 0 aliphatic rings. The Morgan fingerprint density at radius 1 is 0.392 bits per heavy atom. The molecule has 0 aliphatic heterocycles. The van der Waals surface area contributed by atoms with E-state index in [0.717, 1.165) is 72.0 Å². The van der Waals surface area contributed by atoms with Crippen LogP contribution >= 0.6 is 0 Å². The molecule has 2 aromatic heterocycles. The molecule has 0 saturated heterocycles. The molecule has 0 N–H and O–H groups in total. The number of rotatable bonds is 6. The highest BCUT2D eigenvalue weighted by atomic mass is 16.3. The number of nitrogens with zero attached hydrogens (tertiary/aromatic N) is 4. The Morgan fingerprint density at radius 3 is 1.67 bits per heavy atom. The predicted octanol–water partition coefficient (Wildman–Crippen LogP) is 12.3. The number of furan rings is 1. The summed E-state index contributed by atoms with van der Waals surface area (Å²) in [6, 6.07) is 57.1. The van der Waals surface area contributed by atoms with Gasteiger partial charge in [-0.05, 0) is 57.6 Å². The second-order valence-corrected chi connectivity index (χ2v) is 12.3. The maximum atomic E-state index is 7.56. The van der Waals surface area contributed by atoms with Crippen LogP contribution in [0.15, 0.2) is 174 Å². The number of hydrogen-bond acceptors (Lipinski definition) is 4. The zero-order valence-electron chi connectivity index (χ0n) is 27.4. The van der Waals surface area contributed by atoms with Crippen molar-refractivity contribution in [2.75, 3.05) is 0 Å². The van der Waals surface area contributed by atoms with Gasteiger partial charge in [-0.25, -0.2) is 19.8 Å². The number of para-hydroxylation sites is 1. The molecular formula is C46H28N4O. The van der Waals surface area contributed by atoms with Crippen LogP contribution in [0.25, 0.3) is 94.3 Å². The minimum atomic E-state index is 0.567. The Morgan fingerprint density at radius 2 is 0.922 bits per heavy atom. The third-order valence-electron chi connectivity index (χ3n) is 9.18. The van der Waals surface area contributed by atoms with E-state index in [0.29, 0.717) is 23.2 Å². The fraction of sp³-hybridized carbons (Fsp3) is 0. The Labute approximate surface area is 295 Å². The molecular weight excluding hydrogens is 625 g/mol. The van der Waals surface area contributed by atoms with Gasteiger partial charge >= 0.3 is 0 Å². The Bertz CT molecular complexity index is 2750. The van der Waals surface area contributed by atoms with Crippen LogP contribution < -0.4 is 0 Å². The Balaban J connectivity index is 1.13. The summed E-state index contributed by atoms with van der Waals surface area (Å²) in [7, 11) is 0. The van der Waals surface area contributed by atoms with Crippen molar-refractivity contribution >= 4 is 27.6 Å². The lowest BCUT2D eigenvalue weighted by molar-refractivity contribution is 0.669. The summed E-state index contributed by atoms with van der Waals surface area (Å²) >= 11 is 0. The number of benzene rings is 7. The SMILES string of the molecule is [C-]#[N+]c1ccccc1-c1ccc(-c2cccc(-c3nc(-c4ccccc4)nc(-c4ccc5c(c4)oc4cccc(-c6ccccc6)c45)n3)c2)cc1. The van der Waals surface area contributed by atoms with E-state index in [2.05, 4.69) is 83.7 Å². The van der Waals surface area contributed by atoms with E-state index in [4.69, 9.17) is 25.9 Å². The van der Waals surface area contributed by atoms with Gasteiger partial charge in [-0.3, -0.25) is 0 Å². The first-order chi connectivity index (χ1) is 25.2. The number of fused-ring (bicyclic) bond motifs is 3. The summed E-state index contributed by atoms with van der Waals surface area (Å²) in [4.78, 5) is 18.7. The highest BCUT2D eigenvalue weighted by molar-refractivity contribution is 6.13. The molecule has 0 bridgehead atoms. The first-order valence-electron chi connectivity index (χ1n) is 16.7. The summed E-state index contributed by atoms with van der Waals surface area (Å²) < 4.78 is 6.44. The molecule has 0 aliphatic carbocycles. The van der Waals surface area contributed by atoms with E-state index in [1.54, 1.807) is 0 Å². The fourth-order valence-electron chi connectivity index (χ4n) is 6.67. The zero-order valence-corrected chi connectivity index (χ0v) is 27.4. The van der Waals surface area contributed by atoms with Crippen molar-refractivity contribution in [3.63, 3.8) is 0 Å². The largest absolute Gasteiger partial charge is 0.456 e. The maximum absolute atomic E-state index is 7.56. The molecule has 0 unspecified atom stereocenters. The smallest absolute Gasteiger partial charge is 0.194 e. The summed E-state index contributed by atoms with van der Waals surface area (Å²) in [6.07, 6.45) is 0. The minimum absolute atomic E-state index is 0.567. The molecule has 5 heteroatoms. The van der Waals surface area contributed by atoms with E-state index < -0.39 is 0 Å². The summed E-state index contributed by atoms with van der Waals surface area (Å²) in [5.41, 5.74) is 11.2. The molecule has 51 heavy (non-hydrogen) atoms. The van der Waals surface area contributed by atoms with Gasteiger partial charge in [0, 0.05) is 27.5 Å². The molecule has 0 fully saturated rings. The van der Waals surface area contributed by atoms with E-state index in [1.807, 2.05) is 91.0 Å². The Hall–Kier alpha value is -7.16. The summed E-state index contributed by atoms with van der Waals surface area (Å²) in [5.74, 6) is 1.75. The lowest BCUT2D eigenvalue weighted by atomic mass is 9.98. The molecule has 0 radical (unpaired) electrons. The fourth-order valence-corrected chi connectivity index (χ4v) is 6.67. The second-order valence-electron chi connectivity index (χ2n) is 12.3. The quantitative estimate of drug-likeness (QED) is 0.168. The highest BCUT2D eigenvalue weighted by Crippen LogP contribution is 2.38. The van der Waals surface area contributed by atoms with Crippen LogP contribution in [-0.2, 0) is 0 Å². The van der Waals surface area contributed by atoms with Gasteiger partial charge in [0.1, 0.15) is 11.2 Å². The topological polar surface area (TPSA) is 56.2 Å². The van der Waals surface area contributed by atoms with Crippen LogP contribution in [0.1, 0.15) is 0 Å². The van der Waals surface area contributed by atoms with Crippen molar-refractivity contribution < 1.29 is 4.42 Å². The monoisotopic (exact) mass is 652 g/mol. The molecule has 0 amide bonds. The van der Waals surface area contributed by atoms with Gasteiger partial charge in [0.25, 0.3) is 0 Å². The zero-order chi connectivity index (χ0) is 34.1. The van der Waals surface area contributed by atoms with Crippen molar-refractivity contribution in [3.05, 3.63) is 181 Å². The van der Waals surface area contributed by atoms with Crippen LogP contribution in [0, 0.1) is 6.57 Å². The van der Waals surface area contributed by atoms with Crippen molar-refractivity contribution in [2.45, 2.75) is 0 Å². The summed E-state index contributed by atoms with van der Waals surface area (Å²) in [6.45, 7) is 7.56. The lowest BCUT2D eigenvalue weighted by Crippen LogP contribution is -2.00. The maximum Gasteiger partial charge on any atom is 0.194 e. The lowest BCUT2D eigenvalue weighted by Gasteiger charge is -2.10. The van der Waals surface area contributed by atoms with E-state index >= 15 is 0 Å². The predicted molar refractivity (Wildman–Crippen MR) is 206 cm³/mol. The number of hydrogen-bond donors (Lipinski definition) is 0. The average molecular weight is 653 g/mol. The van der Waals surface area contributed by atoms with E-state index in [9.17, 15) is 0 Å². The van der Waals surface area contributed by atoms with E-state index in [-0.39, 0.29) is 0 Å². The molecule has 0 atom stereocenters. The molecule has 0 saturated carbocycles. The van der Waals surface area contributed by atoms with Crippen molar-refractivity contribution in [2.24, 2.45) is 0 Å². The van der Waals surface area contributed by atoms with Crippen molar-refractivity contribution in [1.82, 2.24) is 15.0 Å². The standard InChI is InChI=1S/C46H28N4O/c1-47-40-20-9-8-18-37(40)32-24-22-30(23-25-32)34-16-10-17-35(28-34)45-48-44(33-14-6-3-7-15-33)49-46(50-45)36-26-27-39-42(29-36)51-41-21-11-19-38(43(39)41)31-12-4-2-5-13-31/h2-29H. The first-order valence-corrected chi connectivity index (χ1v) is 16.7. The van der Waals surface area contributed by atoms with Gasteiger partial charge in [-0.2, -0.15) is 0 Å². The van der Waals surface area contributed by atoms with Gasteiger partial charge in [-0.15, -0.1) is 0 Å². The van der Waals surface area contributed by atoms with Gasteiger partial charge in [0.2, 0.25) is 0 Å². The van der Waals surface area contributed by atoms with Gasteiger partial charge in [0.15, 0.2) is 23.2 Å². The normalized spacial score (nSPS) is 11.1. The van der Waals surface area contributed by atoms with Gasteiger partial charge in [-0.1, -0.05) is 146 Å². The molecule has 9 aromatic rings. The second kappa shape index (κ2) is 12.7. The Kier molecular flexibility index (Phi) is 7.46. The molecule has 5 nitrogen and oxygen atoms in total. The van der Waals surface area contributed by atoms with Gasteiger partial charge in [0.05, 0.1) is 6.57 Å². The molecule has 238 valence electrons. The minimum Gasteiger partial charge on any atom is -0.456 e. The van der Waals surface area contributed by atoms with Crippen LogP contribution in [0.5, 0.6) is 0 Å². The van der Waals surface area contributed by atoms with Crippen LogP contribution in [-0.4, -0.2) is 15.0 Å². The van der Waals surface area contributed by atoms with Gasteiger partial charge < -0.3 is 4.42 Å².